The average Bonchev–Trinajstić information content (AvgIpc) is 3.58. The van der Waals surface area contributed by atoms with Crippen LogP contribution in [0.3, 0.4) is 0 Å². The number of hydrogen-bond donors (Lipinski definition) is 0. The molecule has 0 amide bonds. The summed E-state index contributed by atoms with van der Waals surface area (Å²) < 4.78 is 14.7. The van der Waals surface area contributed by atoms with Gasteiger partial charge >= 0.3 is 0 Å². The van der Waals surface area contributed by atoms with Crippen molar-refractivity contribution in [2.24, 2.45) is 0 Å². The normalized spacial score (nSPS) is 15.5. The Labute approximate surface area is 261 Å². The number of unbranched alkanes of at least 4 members (excludes halogenated alkanes) is 3. The molecule has 0 saturated carbocycles. The van der Waals surface area contributed by atoms with Crippen LogP contribution in [-0.4, -0.2) is 31.1 Å². The van der Waals surface area contributed by atoms with Gasteiger partial charge in [-0.15, -0.1) is 47.0 Å². The molecule has 2 aliphatic heterocycles. The Hall–Kier alpha value is -0.250. The minimum Gasteiger partial charge on any atom is -0.494 e. The molecule has 200 valence electrons. The Bertz CT molecular complexity index is 1210. The van der Waals surface area contributed by atoms with E-state index in [1.54, 1.807) is 0 Å². The van der Waals surface area contributed by atoms with E-state index in [-0.39, 0.29) is 0 Å². The highest BCUT2D eigenvalue weighted by molar-refractivity contribution is 8.44. The van der Waals surface area contributed by atoms with Gasteiger partial charge in [-0.3, -0.25) is 0 Å². The van der Waals surface area contributed by atoms with Crippen molar-refractivity contribution in [2.75, 3.05) is 31.1 Å². The first-order valence-electron chi connectivity index (χ1n) is 12.1. The molecule has 38 heavy (non-hydrogen) atoms. The molecule has 0 bridgehead atoms. The third-order valence-electron chi connectivity index (χ3n) is 5.54. The Kier molecular flexibility index (Phi) is 13.1. The second-order valence-corrected chi connectivity index (χ2v) is 17.3. The van der Waals surface area contributed by atoms with Crippen LogP contribution in [0.25, 0.3) is 11.1 Å². The zero-order chi connectivity index (χ0) is 26.7. The van der Waals surface area contributed by atoms with Crippen LogP contribution in [0.2, 0.25) is 0 Å². The molecule has 0 radical (unpaired) electrons. The number of nitrogens with zero attached hydrogens (tertiary/aromatic N) is 1. The van der Waals surface area contributed by atoms with Gasteiger partial charge in [0.15, 0.2) is 0 Å². The topological polar surface area (TPSA) is 33.0 Å². The van der Waals surface area contributed by atoms with Crippen LogP contribution < -0.4 is 4.74 Å². The lowest BCUT2D eigenvalue weighted by Crippen LogP contribution is -1.97. The average molecular weight is 652 g/mol. The van der Waals surface area contributed by atoms with Gasteiger partial charge < -0.3 is 4.74 Å². The van der Waals surface area contributed by atoms with Crippen molar-refractivity contribution < 1.29 is 4.74 Å². The van der Waals surface area contributed by atoms with E-state index in [1.165, 1.54) is 50.4 Å². The first kappa shape index (κ1) is 30.7. The van der Waals surface area contributed by atoms with Crippen LogP contribution in [0, 0.1) is 11.3 Å². The van der Waals surface area contributed by atoms with E-state index in [2.05, 4.69) is 37.0 Å². The smallest absolute Gasteiger partial charge is 0.119 e. The van der Waals surface area contributed by atoms with Gasteiger partial charge in [0, 0.05) is 0 Å². The summed E-state index contributed by atoms with van der Waals surface area (Å²) in [5.74, 6) is 2.09. The molecule has 2 aliphatic rings. The molecule has 0 aromatic heterocycles. The molecule has 2 aromatic carbocycles. The van der Waals surface area contributed by atoms with Gasteiger partial charge in [0.05, 0.1) is 43.7 Å². The van der Waals surface area contributed by atoms with Gasteiger partial charge in [0.2, 0.25) is 0 Å². The maximum atomic E-state index is 8.96. The zero-order valence-electron chi connectivity index (χ0n) is 21.5. The maximum absolute atomic E-state index is 8.96. The third-order valence-corrected chi connectivity index (χ3v) is 16.7. The van der Waals surface area contributed by atoms with Crippen molar-refractivity contribution in [3.8, 4) is 22.9 Å². The lowest BCUT2D eigenvalue weighted by Gasteiger charge is -2.08. The fourth-order valence-corrected chi connectivity index (χ4v) is 14.4. The molecule has 10 heteroatoms. The fraction of sp³-hybridized carbons (Fsp3) is 0.321. The van der Waals surface area contributed by atoms with E-state index in [9.17, 15) is 0 Å². The molecule has 2 heterocycles. The molecule has 0 unspecified atom stereocenters. The van der Waals surface area contributed by atoms with E-state index in [0.717, 1.165) is 29.9 Å². The first-order chi connectivity index (χ1) is 18.6. The zero-order valence-corrected chi connectivity index (χ0v) is 28.0. The second kappa shape index (κ2) is 16.3. The van der Waals surface area contributed by atoms with Crippen LogP contribution in [0.4, 0.5) is 0 Å². The minimum atomic E-state index is 0.683. The molecule has 0 atom stereocenters. The van der Waals surface area contributed by atoms with Crippen molar-refractivity contribution in [2.45, 2.75) is 25.7 Å². The molecule has 0 N–H and O–H groups in total. The Morgan fingerprint density at radius 2 is 1.16 bits per heavy atom. The quantitative estimate of drug-likeness (QED) is 0.195. The molecular formula is C28H29NOS8. The number of nitriles is 1. The predicted molar refractivity (Wildman–Crippen MR) is 185 cm³/mol. The molecule has 4 rings (SSSR count). The summed E-state index contributed by atoms with van der Waals surface area (Å²) in [6.07, 6.45) is 11.3. The molecule has 0 spiro atoms. The molecule has 0 saturated heterocycles. The molecule has 2 aromatic rings. The highest BCUT2D eigenvalue weighted by Gasteiger charge is 2.29. The van der Waals surface area contributed by atoms with Gasteiger partial charge in [0.1, 0.15) is 5.75 Å². The SMILES string of the molecule is CSC1=C(SC)SC(=C2SC(SC)=C(SCCCCCCOc3ccc(-c4ccc(C#N)cc4)cc3)S2)S1. The lowest BCUT2D eigenvalue weighted by molar-refractivity contribution is 0.305. The molecular weight excluding hydrogens is 623 g/mol. The summed E-state index contributed by atoms with van der Waals surface area (Å²) >= 11 is 15.5. The van der Waals surface area contributed by atoms with Crippen LogP contribution in [0.1, 0.15) is 31.2 Å². The van der Waals surface area contributed by atoms with Crippen molar-refractivity contribution in [1.29, 1.82) is 5.26 Å². The van der Waals surface area contributed by atoms with Crippen LogP contribution in [-0.2, 0) is 0 Å². The first-order valence-corrected chi connectivity index (χ1v) is 20.0. The molecule has 0 fully saturated rings. The molecule has 0 aliphatic carbocycles. The van der Waals surface area contributed by atoms with Crippen molar-refractivity contribution >= 4 is 94.1 Å². The van der Waals surface area contributed by atoms with Gasteiger partial charge in [-0.2, -0.15) is 5.26 Å². The van der Waals surface area contributed by atoms with Crippen LogP contribution >= 0.6 is 94.1 Å². The van der Waals surface area contributed by atoms with Crippen molar-refractivity contribution in [3.05, 3.63) is 79.5 Å². The number of benzene rings is 2. The van der Waals surface area contributed by atoms with Gasteiger partial charge in [-0.25, -0.2) is 0 Å². The Morgan fingerprint density at radius 1 is 0.658 bits per heavy atom. The summed E-state index contributed by atoms with van der Waals surface area (Å²) in [4.78, 5) is 0. The van der Waals surface area contributed by atoms with E-state index < -0.39 is 0 Å². The van der Waals surface area contributed by atoms with E-state index in [4.69, 9.17) is 10.00 Å². The number of hydrogen-bond acceptors (Lipinski definition) is 10. The van der Waals surface area contributed by atoms with Crippen LogP contribution in [0.15, 0.2) is 74.0 Å². The number of rotatable bonds is 13. The molecule has 2 nitrogen and oxygen atoms in total. The predicted octanol–water partition coefficient (Wildman–Crippen LogP) is 11.3. The highest BCUT2D eigenvalue weighted by Crippen LogP contribution is 2.65. The van der Waals surface area contributed by atoms with Gasteiger partial charge in [-0.1, -0.05) is 84.2 Å². The summed E-state index contributed by atoms with van der Waals surface area (Å²) in [5, 5.41) is 8.96. The standard InChI is InChI=1S/C28H29NOS8/c1-31-23-24(32-2)36-27(35-23)28-37-25(33-3)26(38-28)34-17-7-5-4-6-16-30-22-14-12-21(13-15-22)20-10-8-19(18-29)9-11-20/h8-15H,4-7,16-17H2,1-3H3. The van der Waals surface area contributed by atoms with Gasteiger partial charge in [0.25, 0.3) is 0 Å². The number of thioether (sulfide) groups is 8. The van der Waals surface area contributed by atoms with E-state index in [1.807, 2.05) is 130 Å². The van der Waals surface area contributed by atoms with E-state index >= 15 is 0 Å². The third kappa shape index (κ3) is 8.62. The Balaban J connectivity index is 1.11. The summed E-state index contributed by atoms with van der Waals surface area (Å²) in [5.41, 5.74) is 2.93. The van der Waals surface area contributed by atoms with Gasteiger partial charge in [-0.05, 0) is 72.8 Å². The number of ether oxygens (including phenoxy) is 1. The Morgan fingerprint density at radius 3 is 1.71 bits per heavy atom. The summed E-state index contributed by atoms with van der Waals surface area (Å²) in [7, 11) is 0. The largest absolute Gasteiger partial charge is 0.494 e. The van der Waals surface area contributed by atoms with E-state index in [0.29, 0.717) is 5.56 Å². The fourth-order valence-electron chi connectivity index (χ4n) is 3.57. The van der Waals surface area contributed by atoms with Crippen molar-refractivity contribution in [3.63, 3.8) is 0 Å². The van der Waals surface area contributed by atoms with Crippen LogP contribution in [0.5, 0.6) is 5.75 Å². The second-order valence-electron chi connectivity index (χ2n) is 8.07. The maximum Gasteiger partial charge on any atom is 0.119 e. The minimum absolute atomic E-state index is 0.683. The summed E-state index contributed by atoms with van der Waals surface area (Å²) in [6.45, 7) is 0.758. The monoisotopic (exact) mass is 651 g/mol. The highest BCUT2D eigenvalue weighted by atomic mass is 32.3. The van der Waals surface area contributed by atoms with Crippen molar-refractivity contribution in [1.82, 2.24) is 0 Å². The lowest BCUT2D eigenvalue weighted by atomic mass is 10.0. The summed E-state index contributed by atoms with van der Waals surface area (Å²) in [6, 6.07) is 18.1.